The van der Waals surface area contributed by atoms with Crippen molar-refractivity contribution >= 4 is 11.9 Å². The topological polar surface area (TPSA) is 83.8 Å². The monoisotopic (exact) mass is 330 g/mol. The molecule has 2 unspecified atom stereocenters. The molecule has 0 aliphatic rings. The van der Waals surface area contributed by atoms with Crippen LogP contribution in [0.4, 0.5) is 0 Å². The van der Waals surface area contributed by atoms with Crippen molar-refractivity contribution in [2.75, 3.05) is 0 Å². The summed E-state index contributed by atoms with van der Waals surface area (Å²) in [6.45, 7) is 4.77. The van der Waals surface area contributed by atoms with Crippen LogP contribution in [0.5, 0.6) is 0 Å². The van der Waals surface area contributed by atoms with E-state index in [0.29, 0.717) is 6.42 Å². The quantitative estimate of drug-likeness (QED) is 0.307. The number of aliphatic hydroxyl groups excluding tert-OH is 1. The van der Waals surface area contributed by atoms with Gasteiger partial charge in [0.05, 0.1) is 0 Å². The van der Waals surface area contributed by atoms with E-state index in [4.69, 9.17) is 5.11 Å². The lowest BCUT2D eigenvalue weighted by molar-refractivity contribution is -0.177. The third-order valence-electron chi connectivity index (χ3n) is 3.99. The van der Waals surface area contributed by atoms with Crippen LogP contribution in [0.15, 0.2) is 0 Å². The zero-order valence-electron chi connectivity index (χ0n) is 15.0. The molecule has 136 valence electrons. The fraction of sp³-hybridized carbons (Fsp3) is 0.889. The number of esters is 2. The van der Waals surface area contributed by atoms with Crippen LogP contribution in [0.1, 0.15) is 91.4 Å². The van der Waals surface area contributed by atoms with Crippen LogP contribution in [0.2, 0.25) is 0 Å². The van der Waals surface area contributed by atoms with Gasteiger partial charge in [0.15, 0.2) is 5.60 Å². The van der Waals surface area contributed by atoms with E-state index in [1.54, 1.807) is 0 Å². The fourth-order valence-corrected chi connectivity index (χ4v) is 2.35. The van der Waals surface area contributed by atoms with Crippen LogP contribution in [0.25, 0.3) is 0 Å². The van der Waals surface area contributed by atoms with Gasteiger partial charge in [-0.25, -0.2) is 9.59 Å². The molecule has 0 amide bonds. The van der Waals surface area contributed by atoms with Gasteiger partial charge in [0.1, 0.15) is 6.10 Å². The highest BCUT2D eigenvalue weighted by atomic mass is 16.6. The van der Waals surface area contributed by atoms with E-state index in [-0.39, 0.29) is 6.42 Å². The summed E-state index contributed by atoms with van der Waals surface area (Å²) in [7, 11) is 0. The SMILES string of the molecule is CCCCCCCCCCCCC(C)(O)C(=O)OC(=O)C(C)O. The molecule has 5 nitrogen and oxygen atoms in total. The zero-order chi connectivity index (χ0) is 17.7. The molecule has 2 N–H and O–H groups in total. The number of carbonyl (C=O) groups excluding carboxylic acids is 2. The standard InChI is InChI=1S/C18H34O5/c1-4-5-6-7-8-9-10-11-12-13-14-18(3,22)17(21)23-16(20)15(2)19/h15,19,22H,4-14H2,1-3H3. The largest absolute Gasteiger partial charge is 0.389 e. The van der Waals surface area contributed by atoms with Crippen LogP contribution in [-0.4, -0.2) is 33.9 Å². The predicted octanol–water partition coefficient (Wildman–Crippen LogP) is 3.50. The Balaban J connectivity index is 3.69. The van der Waals surface area contributed by atoms with Gasteiger partial charge in [0.2, 0.25) is 0 Å². The molecule has 0 heterocycles. The van der Waals surface area contributed by atoms with Gasteiger partial charge < -0.3 is 14.9 Å². The number of rotatable bonds is 13. The van der Waals surface area contributed by atoms with Crippen molar-refractivity contribution in [3.05, 3.63) is 0 Å². The molecule has 0 rings (SSSR count). The summed E-state index contributed by atoms with van der Waals surface area (Å²) in [6, 6.07) is 0. The van der Waals surface area contributed by atoms with Crippen molar-refractivity contribution in [2.24, 2.45) is 0 Å². The highest BCUT2D eigenvalue weighted by Crippen LogP contribution is 2.18. The lowest BCUT2D eigenvalue weighted by Crippen LogP contribution is -2.39. The molecule has 0 saturated heterocycles. The number of carbonyl (C=O) groups is 2. The number of hydrogen-bond donors (Lipinski definition) is 2. The van der Waals surface area contributed by atoms with Crippen LogP contribution >= 0.6 is 0 Å². The Kier molecular flexibility index (Phi) is 12.0. The summed E-state index contributed by atoms with van der Waals surface area (Å²) in [5, 5.41) is 19.0. The van der Waals surface area contributed by atoms with Crippen LogP contribution in [0, 0.1) is 0 Å². The maximum atomic E-state index is 11.7. The van der Waals surface area contributed by atoms with Gasteiger partial charge in [-0.15, -0.1) is 0 Å². The first-order valence-electron chi connectivity index (χ1n) is 8.97. The molecule has 0 aliphatic carbocycles. The summed E-state index contributed by atoms with van der Waals surface area (Å²) in [5.74, 6) is -2.02. The molecular formula is C18H34O5. The van der Waals surface area contributed by atoms with Gasteiger partial charge in [0, 0.05) is 0 Å². The van der Waals surface area contributed by atoms with Gasteiger partial charge in [-0.05, 0) is 26.7 Å². The molecule has 0 fully saturated rings. The van der Waals surface area contributed by atoms with Crippen molar-refractivity contribution in [1.82, 2.24) is 0 Å². The molecule has 0 aliphatic heterocycles. The molecule has 0 aromatic carbocycles. The third kappa shape index (κ3) is 11.3. The Bertz CT molecular complexity index is 336. The molecule has 2 atom stereocenters. The summed E-state index contributed by atoms with van der Waals surface area (Å²) in [6.07, 6.45) is 10.6. The van der Waals surface area contributed by atoms with E-state index < -0.39 is 23.6 Å². The first-order valence-corrected chi connectivity index (χ1v) is 8.97. The first-order chi connectivity index (χ1) is 10.8. The Hall–Kier alpha value is -0.940. The van der Waals surface area contributed by atoms with Gasteiger partial charge in [-0.2, -0.15) is 0 Å². The first kappa shape index (κ1) is 22.1. The number of unbranched alkanes of at least 4 members (excludes halogenated alkanes) is 9. The number of hydrogen-bond acceptors (Lipinski definition) is 5. The maximum Gasteiger partial charge on any atom is 0.345 e. The molecule has 0 radical (unpaired) electrons. The second kappa shape index (κ2) is 12.5. The molecule has 0 saturated carbocycles. The summed E-state index contributed by atoms with van der Waals surface area (Å²) < 4.78 is 4.44. The van der Waals surface area contributed by atoms with E-state index in [0.717, 1.165) is 12.8 Å². The van der Waals surface area contributed by atoms with Gasteiger partial charge in [-0.1, -0.05) is 64.7 Å². The average Bonchev–Trinajstić information content (AvgIpc) is 2.48. The average molecular weight is 330 g/mol. The highest BCUT2D eigenvalue weighted by molar-refractivity contribution is 5.91. The van der Waals surface area contributed by atoms with Crippen LogP contribution in [-0.2, 0) is 14.3 Å². The maximum absolute atomic E-state index is 11.7. The van der Waals surface area contributed by atoms with Crippen molar-refractivity contribution in [2.45, 2.75) is 103 Å². The summed E-state index contributed by atoms with van der Waals surface area (Å²) in [5.41, 5.74) is -1.68. The summed E-state index contributed by atoms with van der Waals surface area (Å²) in [4.78, 5) is 22.8. The van der Waals surface area contributed by atoms with E-state index in [9.17, 15) is 14.7 Å². The highest BCUT2D eigenvalue weighted by Gasteiger charge is 2.33. The lowest BCUT2D eigenvalue weighted by atomic mass is 9.97. The fourth-order valence-electron chi connectivity index (χ4n) is 2.35. The third-order valence-corrected chi connectivity index (χ3v) is 3.99. The molecule has 23 heavy (non-hydrogen) atoms. The molecule has 0 bridgehead atoms. The minimum atomic E-state index is -1.68. The molecule has 5 heteroatoms. The Morgan fingerprint density at radius 1 is 0.957 bits per heavy atom. The van der Waals surface area contributed by atoms with Crippen LogP contribution < -0.4 is 0 Å². The minimum Gasteiger partial charge on any atom is -0.389 e. The van der Waals surface area contributed by atoms with Crippen molar-refractivity contribution in [3.8, 4) is 0 Å². The predicted molar refractivity (Wildman–Crippen MR) is 89.9 cm³/mol. The van der Waals surface area contributed by atoms with Crippen molar-refractivity contribution < 1.29 is 24.5 Å². The number of aliphatic hydroxyl groups is 2. The molecule has 0 spiro atoms. The number of ether oxygens (including phenoxy) is 1. The van der Waals surface area contributed by atoms with Gasteiger partial charge in [0.25, 0.3) is 0 Å². The molecule has 0 aromatic heterocycles. The normalized spacial score (nSPS) is 15.0. The lowest BCUT2D eigenvalue weighted by Gasteiger charge is -2.20. The van der Waals surface area contributed by atoms with E-state index >= 15 is 0 Å². The second-order valence-electron chi connectivity index (χ2n) is 6.59. The Morgan fingerprint density at radius 3 is 1.83 bits per heavy atom. The molecule has 0 aromatic rings. The van der Waals surface area contributed by atoms with Gasteiger partial charge in [-0.3, -0.25) is 0 Å². The van der Waals surface area contributed by atoms with Crippen molar-refractivity contribution in [3.63, 3.8) is 0 Å². The Labute approximate surface area is 140 Å². The molecular weight excluding hydrogens is 296 g/mol. The summed E-state index contributed by atoms with van der Waals surface area (Å²) >= 11 is 0. The van der Waals surface area contributed by atoms with Crippen LogP contribution in [0.3, 0.4) is 0 Å². The zero-order valence-corrected chi connectivity index (χ0v) is 15.0. The van der Waals surface area contributed by atoms with Crippen molar-refractivity contribution in [1.29, 1.82) is 0 Å². The van der Waals surface area contributed by atoms with E-state index in [2.05, 4.69) is 11.7 Å². The Morgan fingerprint density at radius 2 is 1.39 bits per heavy atom. The van der Waals surface area contributed by atoms with E-state index in [1.165, 1.54) is 58.8 Å². The minimum absolute atomic E-state index is 0.259. The van der Waals surface area contributed by atoms with E-state index in [1.807, 2.05) is 0 Å². The second-order valence-corrected chi connectivity index (χ2v) is 6.59. The van der Waals surface area contributed by atoms with Gasteiger partial charge >= 0.3 is 11.9 Å². The smallest absolute Gasteiger partial charge is 0.345 e.